The fraction of sp³-hybridized carbons (Fsp3) is 0.588. The van der Waals surface area contributed by atoms with Gasteiger partial charge in [-0.1, -0.05) is 25.0 Å². The van der Waals surface area contributed by atoms with E-state index in [0.29, 0.717) is 6.54 Å². The smallest absolute Gasteiger partial charge is 0.223 e. The molecular formula is C17H24N2O. The third-order valence-electron chi connectivity index (χ3n) is 4.60. The highest BCUT2D eigenvalue weighted by atomic mass is 16.1. The van der Waals surface area contributed by atoms with Gasteiger partial charge in [0.05, 0.1) is 0 Å². The largest absolute Gasteiger partial charge is 0.372 e. The lowest BCUT2D eigenvalue weighted by Crippen LogP contribution is -2.28. The molecule has 1 aromatic rings. The molecule has 1 saturated heterocycles. The molecule has 1 amide bonds. The highest BCUT2D eigenvalue weighted by Gasteiger charge is 2.22. The molecule has 1 aliphatic heterocycles. The molecule has 1 aromatic carbocycles. The minimum atomic E-state index is 0.242. The van der Waals surface area contributed by atoms with Gasteiger partial charge < -0.3 is 10.2 Å². The lowest BCUT2D eigenvalue weighted by molar-refractivity contribution is -0.124. The first kappa shape index (κ1) is 13.5. The van der Waals surface area contributed by atoms with E-state index in [1.807, 2.05) is 0 Å². The predicted octanol–water partition coefficient (Wildman–Crippen LogP) is 3.09. The van der Waals surface area contributed by atoms with Gasteiger partial charge in [-0.2, -0.15) is 0 Å². The van der Waals surface area contributed by atoms with E-state index >= 15 is 0 Å². The second-order valence-electron chi connectivity index (χ2n) is 6.06. The number of carbonyl (C=O) groups excluding carboxylic acids is 1. The molecule has 20 heavy (non-hydrogen) atoms. The molecule has 1 saturated carbocycles. The molecule has 3 heteroatoms. The van der Waals surface area contributed by atoms with Crippen LogP contribution >= 0.6 is 0 Å². The van der Waals surface area contributed by atoms with Crippen molar-refractivity contribution in [3.8, 4) is 0 Å². The van der Waals surface area contributed by atoms with Crippen molar-refractivity contribution in [3.63, 3.8) is 0 Å². The van der Waals surface area contributed by atoms with Crippen molar-refractivity contribution in [2.24, 2.45) is 5.92 Å². The first-order chi connectivity index (χ1) is 9.83. The minimum Gasteiger partial charge on any atom is -0.372 e. The van der Waals surface area contributed by atoms with Gasteiger partial charge in [0, 0.05) is 31.2 Å². The summed E-state index contributed by atoms with van der Waals surface area (Å²) in [5.41, 5.74) is 2.51. The molecule has 0 radical (unpaired) electrons. The monoisotopic (exact) mass is 272 g/mol. The normalized spacial score (nSPS) is 19.5. The quantitative estimate of drug-likeness (QED) is 0.913. The summed E-state index contributed by atoms with van der Waals surface area (Å²) < 4.78 is 0. The van der Waals surface area contributed by atoms with Crippen LogP contribution in [0, 0.1) is 5.92 Å². The van der Waals surface area contributed by atoms with Gasteiger partial charge in [0.1, 0.15) is 0 Å². The minimum absolute atomic E-state index is 0.242. The number of benzene rings is 1. The zero-order valence-corrected chi connectivity index (χ0v) is 12.1. The molecule has 0 bridgehead atoms. The van der Waals surface area contributed by atoms with Gasteiger partial charge >= 0.3 is 0 Å². The van der Waals surface area contributed by atoms with Gasteiger partial charge in [-0.25, -0.2) is 0 Å². The predicted molar refractivity (Wildman–Crippen MR) is 81.7 cm³/mol. The highest BCUT2D eigenvalue weighted by Crippen LogP contribution is 2.25. The van der Waals surface area contributed by atoms with E-state index in [1.54, 1.807) is 0 Å². The molecule has 1 heterocycles. The summed E-state index contributed by atoms with van der Waals surface area (Å²) in [6.45, 7) is 3.02. The Balaban J connectivity index is 1.51. The van der Waals surface area contributed by atoms with E-state index in [-0.39, 0.29) is 11.8 Å². The standard InChI is InChI=1S/C17H24N2O/c20-17(15-5-1-2-6-15)18-13-14-7-9-16(10-8-14)19-11-3-4-12-19/h7-10,15H,1-6,11-13H2,(H,18,20). The van der Waals surface area contributed by atoms with Crippen LogP contribution in [0.1, 0.15) is 44.1 Å². The maximum absolute atomic E-state index is 12.0. The van der Waals surface area contributed by atoms with Crippen LogP contribution in [-0.2, 0) is 11.3 Å². The molecule has 0 atom stereocenters. The Hall–Kier alpha value is -1.51. The van der Waals surface area contributed by atoms with Crippen LogP contribution in [0.3, 0.4) is 0 Å². The molecule has 3 rings (SSSR count). The van der Waals surface area contributed by atoms with Gasteiger partial charge in [0.25, 0.3) is 0 Å². The summed E-state index contributed by atoms with van der Waals surface area (Å²) in [6.07, 6.45) is 7.17. The number of hydrogen-bond donors (Lipinski definition) is 1. The molecule has 0 spiro atoms. The number of hydrogen-bond acceptors (Lipinski definition) is 2. The fourth-order valence-electron chi connectivity index (χ4n) is 3.32. The molecule has 3 nitrogen and oxygen atoms in total. The van der Waals surface area contributed by atoms with Crippen LogP contribution in [-0.4, -0.2) is 19.0 Å². The van der Waals surface area contributed by atoms with E-state index in [9.17, 15) is 4.79 Å². The molecule has 0 unspecified atom stereocenters. The molecule has 0 aromatic heterocycles. The average molecular weight is 272 g/mol. The number of amides is 1. The number of anilines is 1. The lowest BCUT2D eigenvalue weighted by atomic mass is 10.1. The third kappa shape index (κ3) is 3.14. The lowest BCUT2D eigenvalue weighted by Gasteiger charge is -2.18. The Kier molecular flexibility index (Phi) is 4.24. The number of carbonyl (C=O) groups is 1. The Labute approximate surface area is 121 Å². The summed E-state index contributed by atoms with van der Waals surface area (Å²) in [4.78, 5) is 14.4. The Morgan fingerprint density at radius 3 is 2.35 bits per heavy atom. The van der Waals surface area contributed by atoms with Gasteiger partial charge in [-0.05, 0) is 43.4 Å². The second-order valence-corrected chi connectivity index (χ2v) is 6.06. The summed E-state index contributed by atoms with van der Waals surface area (Å²) >= 11 is 0. The van der Waals surface area contributed by atoms with E-state index < -0.39 is 0 Å². The van der Waals surface area contributed by atoms with Crippen molar-refractivity contribution in [1.82, 2.24) is 5.32 Å². The maximum atomic E-state index is 12.0. The highest BCUT2D eigenvalue weighted by molar-refractivity contribution is 5.78. The third-order valence-corrected chi connectivity index (χ3v) is 4.60. The van der Waals surface area contributed by atoms with Crippen molar-refractivity contribution in [2.45, 2.75) is 45.1 Å². The Morgan fingerprint density at radius 1 is 1.05 bits per heavy atom. The topological polar surface area (TPSA) is 32.3 Å². The van der Waals surface area contributed by atoms with Crippen LogP contribution in [0.15, 0.2) is 24.3 Å². The summed E-state index contributed by atoms with van der Waals surface area (Å²) in [5.74, 6) is 0.505. The van der Waals surface area contributed by atoms with Gasteiger partial charge in [0.15, 0.2) is 0 Å². The summed E-state index contributed by atoms with van der Waals surface area (Å²) in [7, 11) is 0. The molecule has 1 N–H and O–H groups in total. The van der Waals surface area contributed by atoms with Crippen LogP contribution in [0.4, 0.5) is 5.69 Å². The molecule has 2 fully saturated rings. The van der Waals surface area contributed by atoms with E-state index in [0.717, 1.165) is 12.8 Å². The molecule has 108 valence electrons. The molecular weight excluding hydrogens is 248 g/mol. The van der Waals surface area contributed by atoms with Crippen molar-refractivity contribution >= 4 is 11.6 Å². The number of nitrogens with one attached hydrogen (secondary N) is 1. The average Bonchev–Trinajstić information content (AvgIpc) is 3.18. The maximum Gasteiger partial charge on any atom is 0.223 e. The van der Waals surface area contributed by atoms with Crippen LogP contribution < -0.4 is 10.2 Å². The van der Waals surface area contributed by atoms with Gasteiger partial charge in [0.2, 0.25) is 5.91 Å². The van der Waals surface area contributed by atoms with E-state index in [1.165, 1.54) is 50.0 Å². The van der Waals surface area contributed by atoms with Crippen LogP contribution in [0.5, 0.6) is 0 Å². The van der Waals surface area contributed by atoms with Crippen LogP contribution in [0.25, 0.3) is 0 Å². The van der Waals surface area contributed by atoms with Crippen molar-refractivity contribution in [3.05, 3.63) is 29.8 Å². The summed E-state index contributed by atoms with van der Waals surface area (Å²) in [5, 5.41) is 3.08. The second kappa shape index (κ2) is 6.29. The Morgan fingerprint density at radius 2 is 1.70 bits per heavy atom. The van der Waals surface area contributed by atoms with Crippen LogP contribution in [0.2, 0.25) is 0 Å². The zero-order chi connectivity index (χ0) is 13.8. The van der Waals surface area contributed by atoms with Gasteiger partial charge in [-0.3, -0.25) is 4.79 Å². The van der Waals surface area contributed by atoms with Crippen molar-refractivity contribution in [2.75, 3.05) is 18.0 Å². The number of rotatable bonds is 4. The van der Waals surface area contributed by atoms with Crippen molar-refractivity contribution < 1.29 is 4.79 Å². The molecule has 1 aliphatic carbocycles. The molecule has 2 aliphatic rings. The fourth-order valence-corrected chi connectivity index (χ4v) is 3.32. The zero-order valence-electron chi connectivity index (χ0n) is 12.1. The van der Waals surface area contributed by atoms with E-state index in [4.69, 9.17) is 0 Å². The summed E-state index contributed by atoms with van der Waals surface area (Å²) in [6, 6.07) is 8.65. The first-order valence-electron chi connectivity index (χ1n) is 7.94. The van der Waals surface area contributed by atoms with Gasteiger partial charge in [-0.15, -0.1) is 0 Å². The van der Waals surface area contributed by atoms with Crippen molar-refractivity contribution in [1.29, 1.82) is 0 Å². The number of nitrogens with zero attached hydrogens (tertiary/aromatic N) is 1. The van der Waals surface area contributed by atoms with E-state index in [2.05, 4.69) is 34.5 Å². The first-order valence-corrected chi connectivity index (χ1v) is 7.94. The Bertz CT molecular complexity index is 443. The SMILES string of the molecule is O=C(NCc1ccc(N2CCCC2)cc1)C1CCCC1.